The Balaban J connectivity index is 2.10. The molecule has 0 fully saturated rings. The molecule has 2 rings (SSSR count). The predicted molar refractivity (Wildman–Crippen MR) is 74.5 cm³/mol. The number of amides is 1. The summed E-state index contributed by atoms with van der Waals surface area (Å²) in [5.41, 5.74) is 0.369. The van der Waals surface area contributed by atoms with E-state index in [-0.39, 0.29) is 11.9 Å². The molecule has 94 valence electrons. The number of hydrogen-bond donors (Lipinski definition) is 1. The molecule has 1 amide bonds. The van der Waals surface area contributed by atoms with E-state index in [2.05, 4.69) is 10.3 Å². The van der Waals surface area contributed by atoms with Crippen LogP contribution in [-0.2, 0) is 0 Å². The number of nitrogens with zero attached hydrogens (tertiary/aromatic N) is 1. The molecule has 2 aromatic rings. The Morgan fingerprint density at radius 3 is 2.78 bits per heavy atom. The molecule has 6 heteroatoms. The molecule has 0 bridgehead atoms. The van der Waals surface area contributed by atoms with Crippen LogP contribution in [0, 0.1) is 0 Å². The topological polar surface area (TPSA) is 42.0 Å². The van der Waals surface area contributed by atoms with Crippen molar-refractivity contribution in [2.45, 2.75) is 13.0 Å². The van der Waals surface area contributed by atoms with Crippen LogP contribution in [0.15, 0.2) is 30.6 Å². The summed E-state index contributed by atoms with van der Waals surface area (Å²) in [5, 5.41) is 3.24. The largest absolute Gasteiger partial charge is 0.345 e. The normalized spacial score (nSPS) is 12.2. The Hall–Kier alpha value is -1.10. The number of carbonyl (C=O) groups is 1. The molecular weight excluding hydrogens is 291 g/mol. The van der Waals surface area contributed by atoms with Crippen molar-refractivity contribution in [3.05, 3.63) is 50.4 Å². The van der Waals surface area contributed by atoms with Gasteiger partial charge in [-0.25, -0.2) is 0 Å². The first-order valence-electron chi connectivity index (χ1n) is 5.23. The molecular formula is C12H10Cl2N2OS. The molecule has 2 heterocycles. The lowest BCUT2D eigenvalue weighted by molar-refractivity contribution is 0.0940. The first-order chi connectivity index (χ1) is 8.58. The number of carbonyl (C=O) groups excluding carboxylic acids is 1. The summed E-state index contributed by atoms with van der Waals surface area (Å²) in [4.78, 5) is 16.9. The van der Waals surface area contributed by atoms with E-state index >= 15 is 0 Å². The molecule has 0 spiro atoms. The molecule has 1 atom stereocenters. The molecule has 0 aliphatic carbocycles. The predicted octanol–water partition coefficient (Wildman–Crippen LogP) is 3.94. The van der Waals surface area contributed by atoms with Gasteiger partial charge in [0.15, 0.2) is 0 Å². The van der Waals surface area contributed by atoms with E-state index in [1.54, 1.807) is 18.3 Å². The Morgan fingerprint density at radius 2 is 2.17 bits per heavy atom. The van der Waals surface area contributed by atoms with Crippen molar-refractivity contribution < 1.29 is 4.79 Å². The van der Waals surface area contributed by atoms with E-state index in [1.165, 1.54) is 17.5 Å². The van der Waals surface area contributed by atoms with Crippen molar-refractivity contribution in [1.82, 2.24) is 10.3 Å². The van der Waals surface area contributed by atoms with E-state index in [0.717, 1.165) is 4.88 Å². The fraction of sp³-hybridized carbons (Fsp3) is 0.167. The summed E-state index contributed by atoms with van der Waals surface area (Å²) in [6.45, 7) is 1.89. The Kier molecular flexibility index (Phi) is 4.22. The molecule has 0 saturated heterocycles. The monoisotopic (exact) mass is 300 g/mol. The highest BCUT2D eigenvalue weighted by Crippen LogP contribution is 2.27. The van der Waals surface area contributed by atoms with Gasteiger partial charge in [-0.15, -0.1) is 11.3 Å². The molecule has 0 radical (unpaired) electrons. The molecule has 0 aliphatic rings. The standard InChI is InChI=1S/C12H10Cl2N2OS/c1-7(10-2-3-11(14)18-10)16-12(17)8-6-15-5-4-9(8)13/h2-7H,1H3,(H,16,17). The minimum absolute atomic E-state index is 0.119. The smallest absolute Gasteiger partial charge is 0.254 e. The molecule has 0 aromatic carbocycles. The average molecular weight is 301 g/mol. The molecule has 1 unspecified atom stereocenters. The third-order valence-corrected chi connectivity index (χ3v) is 4.12. The van der Waals surface area contributed by atoms with E-state index in [0.29, 0.717) is 14.9 Å². The molecule has 2 aromatic heterocycles. The van der Waals surface area contributed by atoms with Crippen molar-refractivity contribution in [1.29, 1.82) is 0 Å². The van der Waals surface area contributed by atoms with Crippen molar-refractivity contribution >= 4 is 40.4 Å². The van der Waals surface area contributed by atoms with Crippen LogP contribution in [0.1, 0.15) is 28.2 Å². The van der Waals surface area contributed by atoms with Crippen LogP contribution >= 0.6 is 34.5 Å². The van der Waals surface area contributed by atoms with E-state index in [9.17, 15) is 4.79 Å². The number of nitrogens with one attached hydrogen (secondary N) is 1. The average Bonchev–Trinajstić information content (AvgIpc) is 2.76. The first-order valence-corrected chi connectivity index (χ1v) is 6.81. The van der Waals surface area contributed by atoms with Crippen LogP contribution in [0.2, 0.25) is 9.36 Å². The number of hydrogen-bond acceptors (Lipinski definition) is 3. The Labute approximate surface area is 119 Å². The van der Waals surface area contributed by atoms with E-state index in [4.69, 9.17) is 23.2 Å². The number of pyridine rings is 1. The molecule has 0 aliphatic heterocycles. The highest BCUT2D eigenvalue weighted by molar-refractivity contribution is 7.16. The molecule has 1 N–H and O–H groups in total. The van der Waals surface area contributed by atoms with Gasteiger partial charge in [0, 0.05) is 17.3 Å². The van der Waals surface area contributed by atoms with Crippen molar-refractivity contribution in [2.24, 2.45) is 0 Å². The summed E-state index contributed by atoms with van der Waals surface area (Å²) >= 11 is 13.2. The maximum absolute atomic E-state index is 12.0. The molecule has 18 heavy (non-hydrogen) atoms. The van der Waals surface area contributed by atoms with E-state index < -0.39 is 0 Å². The van der Waals surface area contributed by atoms with Crippen LogP contribution in [0.25, 0.3) is 0 Å². The lowest BCUT2D eigenvalue weighted by Crippen LogP contribution is -2.26. The maximum atomic E-state index is 12.0. The summed E-state index contributed by atoms with van der Waals surface area (Å²) < 4.78 is 0.700. The van der Waals surface area contributed by atoms with Gasteiger partial charge in [0.2, 0.25) is 0 Å². The third kappa shape index (κ3) is 3.02. The van der Waals surface area contributed by atoms with Crippen LogP contribution < -0.4 is 5.32 Å². The first kappa shape index (κ1) is 13.3. The number of thiophene rings is 1. The number of halogens is 2. The van der Waals surface area contributed by atoms with Gasteiger partial charge in [-0.2, -0.15) is 0 Å². The highest BCUT2D eigenvalue weighted by atomic mass is 35.5. The number of aromatic nitrogens is 1. The zero-order chi connectivity index (χ0) is 13.1. The van der Waals surface area contributed by atoms with Gasteiger partial charge in [-0.05, 0) is 25.1 Å². The quantitative estimate of drug-likeness (QED) is 0.933. The lowest BCUT2D eigenvalue weighted by Gasteiger charge is -2.12. The van der Waals surface area contributed by atoms with Gasteiger partial charge in [0.05, 0.1) is 21.0 Å². The summed E-state index contributed by atoms with van der Waals surface area (Å²) in [6, 6.07) is 5.17. The van der Waals surface area contributed by atoms with Crippen molar-refractivity contribution in [2.75, 3.05) is 0 Å². The zero-order valence-corrected chi connectivity index (χ0v) is 11.8. The van der Waals surface area contributed by atoms with Crippen LogP contribution in [0.3, 0.4) is 0 Å². The Morgan fingerprint density at radius 1 is 1.39 bits per heavy atom. The Bertz CT molecular complexity index is 571. The maximum Gasteiger partial charge on any atom is 0.254 e. The van der Waals surface area contributed by atoms with Crippen LogP contribution in [0.5, 0.6) is 0 Å². The minimum Gasteiger partial charge on any atom is -0.345 e. The highest BCUT2D eigenvalue weighted by Gasteiger charge is 2.15. The van der Waals surface area contributed by atoms with Crippen molar-refractivity contribution in [3.8, 4) is 0 Å². The van der Waals surface area contributed by atoms with Gasteiger partial charge in [-0.3, -0.25) is 9.78 Å². The SMILES string of the molecule is CC(NC(=O)c1cnccc1Cl)c1ccc(Cl)s1. The van der Waals surface area contributed by atoms with Crippen LogP contribution in [0.4, 0.5) is 0 Å². The summed E-state index contributed by atoms with van der Waals surface area (Å²) in [6.07, 6.45) is 2.99. The van der Waals surface area contributed by atoms with Gasteiger partial charge in [0.25, 0.3) is 5.91 Å². The zero-order valence-electron chi connectivity index (χ0n) is 9.48. The number of rotatable bonds is 3. The van der Waals surface area contributed by atoms with Gasteiger partial charge in [0.1, 0.15) is 0 Å². The van der Waals surface area contributed by atoms with Crippen LogP contribution in [-0.4, -0.2) is 10.9 Å². The van der Waals surface area contributed by atoms with Gasteiger partial charge >= 0.3 is 0 Å². The molecule has 3 nitrogen and oxygen atoms in total. The second-order valence-corrected chi connectivity index (χ2v) is 5.85. The minimum atomic E-state index is -0.245. The molecule has 0 saturated carbocycles. The van der Waals surface area contributed by atoms with Crippen molar-refractivity contribution in [3.63, 3.8) is 0 Å². The van der Waals surface area contributed by atoms with Gasteiger partial charge in [-0.1, -0.05) is 23.2 Å². The third-order valence-electron chi connectivity index (χ3n) is 2.38. The summed E-state index contributed by atoms with van der Waals surface area (Å²) in [7, 11) is 0. The fourth-order valence-corrected chi connectivity index (χ4v) is 2.71. The summed E-state index contributed by atoms with van der Waals surface area (Å²) in [5.74, 6) is -0.245. The van der Waals surface area contributed by atoms with Gasteiger partial charge < -0.3 is 5.32 Å². The second kappa shape index (κ2) is 5.69. The second-order valence-electron chi connectivity index (χ2n) is 3.69. The lowest BCUT2D eigenvalue weighted by atomic mass is 10.2. The van der Waals surface area contributed by atoms with E-state index in [1.807, 2.05) is 13.0 Å². The fourth-order valence-electron chi connectivity index (χ4n) is 1.45.